The lowest BCUT2D eigenvalue weighted by atomic mass is 9.78. The molecule has 14 heavy (non-hydrogen) atoms. The summed E-state index contributed by atoms with van der Waals surface area (Å²) in [6.45, 7) is 0. The van der Waals surface area contributed by atoms with Crippen LogP contribution >= 0.6 is 0 Å². The summed E-state index contributed by atoms with van der Waals surface area (Å²) in [5, 5.41) is 8.75. The van der Waals surface area contributed by atoms with Crippen LogP contribution in [0.3, 0.4) is 0 Å². The Morgan fingerprint density at radius 3 is 2.71 bits per heavy atom. The third-order valence-electron chi connectivity index (χ3n) is 2.75. The van der Waals surface area contributed by atoms with Gasteiger partial charge in [0.15, 0.2) is 0 Å². The van der Waals surface area contributed by atoms with E-state index in [1.165, 1.54) is 6.07 Å². The lowest BCUT2D eigenvalue weighted by Gasteiger charge is -2.30. The van der Waals surface area contributed by atoms with Gasteiger partial charge in [0.25, 0.3) is 0 Å². The van der Waals surface area contributed by atoms with E-state index < -0.39 is 12.1 Å². The first kappa shape index (κ1) is 9.19. The summed E-state index contributed by atoms with van der Waals surface area (Å²) in [5.74, 6) is -1.05. The van der Waals surface area contributed by atoms with E-state index in [-0.39, 0.29) is 11.5 Å². The Morgan fingerprint density at radius 2 is 2.21 bits per heavy atom. The van der Waals surface area contributed by atoms with Crippen LogP contribution in [0.4, 0.5) is 4.39 Å². The van der Waals surface area contributed by atoms with E-state index in [1.54, 1.807) is 18.2 Å². The molecule has 0 amide bonds. The Kier molecular flexibility index (Phi) is 2.23. The van der Waals surface area contributed by atoms with E-state index in [2.05, 4.69) is 0 Å². The zero-order valence-corrected chi connectivity index (χ0v) is 7.61. The van der Waals surface area contributed by atoms with Crippen molar-refractivity contribution in [1.29, 1.82) is 0 Å². The van der Waals surface area contributed by atoms with Gasteiger partial charge in [-0.1, -0.05) is 12.1 Å². The molecule has 3 heteroatoms. The molecule has 2 unspecified atom stereocenters. The van der Waals surface area contributed by atoms with Crippen molar-refractivity contribution >= 4 is 5.97 Å². The molecule has 1 aromatic rings. The van der Waals surface area contributed by atoms with E-state index in [0.717, 1.165) is 12.0 Å². The molecule has 0 heterocycles. The van der Waals surface area contributed by atoms with Gasteiger partial charge in [-0.05, 0) is 30.5 Å². The molecule has 1 saturated carbocycles. The molecule has 2 nitrogen and oxygen atoms in total. The zero-order valence-electron chi connectivity index (χ0n) is 7.61. The van der Waals surface area contributed by atoms with Gasteiger partial charge in [0.1, 0.15) is 6.17 Å². The number of alkyl halides is 1. The van der Waals surface area contributed by atoms with Gasteiger partial charge in [-0.3, -0.25) is 0 Å². The van der Waals surface area contributed by atoms with Crippen molar-refractivity contribution in [3.05, 3.63) is 35.4 Å². The van der Waals surface area contributed by atoms with Crippen molar-refractivity contribution in [3.63, 3.8) is 0 Å². The van der Waals surface area contributed by atoms with Crippen LogP contribution in [0.5, 0.6) is 0 Å². The number of aromatic carboxylic acids is 1. The summed E-state index contributed by atoms with van der Waals surface area (Å²) in [6, 6.07) is 6.56. The molecule has 1 N–H and O–H groups in total. The smallest absolute Gasteiger partial charge is 0.335 e. The van der Waals surface area contributed by atoms with Crippen LogP contribution in [-0.4, -0.2) is 17.2 Å². The zero-order chi connectivity index (χ0) is 10.1. The Labute approximate surface area is 81.4 Å². The van der Waals surface area contributed by atoms with Gasteiger partial charge in [0, 0.05) is 5.92 Å². The van der Waals surface area contributed by atoms with Crippen LogP contribution in [-0.2, 0) is 0 Å². The molecule has 1 aliphatic rings. The largest absolute Gasteiger partial charge is 0.478 e. The standard InChI is InChI=1S/C11H11FO2/c12-10-5-4-9(10)7-2-1-3-8(6-7)11(13)14/h1-3,6,9-10H,4-5H2,(H,13,14). The molecule has 0 spiro atoms. The van der Waals surface area contributed by atoms with Crippen molar-refractivity contribution in [2.24, 2.45) is 0 Å². The molecular weight excluding hydrogens is 183 g/mol. The van der Waals surface area contributed by atoms with Crippen molar-refractivity contribution < 1.29 is 14.3 Å². The highest BCUT2D eigenvalue weighted by atomic mass is 19.1. The first-order valence-electron chi connectivity index (χ1n) is 4.66. The molecule has 0 bridgehead atoms. The second kappa shape index (κ2) is 3.40. The Morgan fingerprint density at radius 1 is 1.43 bits per heavy atom. The molecular formula is C11H11FO2. The summed E-state index contributed by atoms with van der Waals surface area (Å²) >= 11 is 0. The first-order valence-corrected chi connectivity index (χ1v) is 4.66. The van der Waals surface area contributed by atoms with Gasteiger partial charge in [-0.15, -0.1) is 0 Å². The maximum absolute atomic E-state index is 13.1. The summed E-state index contributed by atoms with van der Waals surface area (Å²) in [7, 11) is 0. The van der Waals surface area contributed by atoms with Crippen LogP contribution in [0.1, 0.15) is 34.7 Å². The average molecular weight is 194 g/mol. The fraction of sp³-hybridized carbons (Fsp3) is 0.364. The van der Waals surface area contributed by atoms with Gasteiger partial charge in [0.05, 0.1) is 5.56 Å². The SMILES string of the molecule is O=C(O)c1cccc(C2CCC2F)c1. The molecule has 74 valence electrons. The quantitative estimate of drug-likeness (QED) is 0.785. The van der Waals surface area contributed by atoms with Crippen molar-refractivity contribution in [3.8, 4) is 0 Å². The number of carbonyl (C=O) groups is 1. The predicted molar refractivity (Wildman–Crippen MR) is 50.3 cm³/mol. The Hall–Kier alpha value is -1.38. The highest BCUT2D eigenvalue weighted by Gasteiger charge is 2.32. The fourth-order valence-corrected chi connectivity index (χ4v) is 1.74. The number of benzene rings is 1. The molecule has 1 aliphatic carbocycles. The minimum absolute atomic E-state index is 0.0886. The molecule has 0 saturated heterocycles. The lowest BCUT2D eigenvalue weighted by molar-refractivity contribution is 0.0696. The van der Waals surface area contributed by atoms with Gasteiger partial charge in [-0.2, -0.15) is 0 Å². The summed E-state index contributed by atoms with van der Waals surface area (Å²) in [6.07, 6.45) is 0.630. The van der Waals surface area contributed by atoms with Gasteiger partial charge in [-0.25, -0.2) is 9.18 Å². The van der Waals surface area contributed by atoms with Gasteiger partial charge in [0.2, 0.25) is 0 Å². The van der Waals surface area contributed by atoms with E-state index in [0.29, 0.717) is 6.42 Å². The average Bonchev–Trinajstić information content (AvgIpc) is 2.16. The van der Waals surface area contributed by atoms with E-state index >= 15 is 0 Å². The fourth-order valence-electron chi connectivity index (χ4n) is 1.74. The Bertz CT molecular complexity index is 362. The lowest BCUT2D eigenvalue weighted by Crippen LogP contribution is -2.25. The number of carboxylic acid groups (broad SMARTS) is 1. The Balaban J connectivity index is 2.26. The van der Waals surface area contributed by atoms with Gasteiger partial charge < -0.3 is 5.11 Å². The van der Waals surface area contributed by atoms with E-state index in [9.17, 15) is 9.18 Å². The number of rotatable bonds is 2. The summed E-state index contributed by atoms with van der Waals surface area (Å²) in [5.41, 5.74) is 1.05. The summed E-state index contributed by atoms with van der Waals surface area (Å²) < 4.78 is 13.1. The summed E-state index contributed by atoms with van der Waals surface area (Å²) in [4.78, 5) is 10.7. The number of hydrogen-bond acceptors (Lipinski definition) is 1. The second-order valence-electron chi connectivity index (χ2n) is 3.63. The van der Waals surface area contributed by atoms with Crippen LogP contribution in [0.25, 0.3) is 0 Å². The second-order valence-corrected chi connectivity index (χ2v) is 3.63. The molecule has 2 rings (SSSR count). The number of hydrogen-bond donors (Lipinski definition) is 1. The highest BCUT2D eigenvalue weighted by Crippen LogP contribution is 2.39. The predicted octanol–water partition coefficient (Wildman–Crippen LogP) is 2.60. The first-order chi connectivity index (χ1) is 6.68. The minimum Gasteiger partial charge on any atom is -0.478 e. The van der Waals surface area contributed by atoms with Crippen molar-refractivity contribution in [1.82, 2.24) is 0 Å². The third-order valence-corrected chi connectivity index (χ3v) is 2.75. The van der Waals surface area contributed by atoms with Crippen LogP contribution in [0, 0.1) is 0 Å². The molecule has 1 fully saturated rings. The third kappa shape index (κ3) is 1.50. The molecule has 0 aromatic heterocycles. The van der Waals surface area contributed by atoms with Crippen molar-refractivity contribution in [2.75, 3.05) is 0 Å². The molecule has 0 radical (unpaired) electrons. The number of halogens is 1. The normalized spacial score (nSPS) is 25.5. The topological polar surface area (TPSA) is 37.3 Å². The number of carboxylic acids is 1. The molecule has 0 aliphatic heterocycles. The highest BCUT2D eigenvalue weighted by molar-refractivity contribution is 5.87. The van der Waals surface area contributed by atoms with E-state index in [1.807, 2.05) is 0 Å². The van der Waals surface area contributed by atoms with Crippen LogP contribution < -0.4 is 0 Å². The molecule has 2 atom stereocenters. The van der Waals surface area contributed by atoms with Gasteiger partial charge >= 0.3 is 5.97 Å². The van der Waals surface area contributed by atoms with Crippen molar-refractivity contribution in [2.45, 2.75) is 24.9 Å². The maximum Gasteiger partial charge on any atom is 0.335 e. The maximum atomic E-state index is 13.1. The van der Waals surface area contributed by atoms with E-state index in [4.69, 9.17) is 5.11 Å². The van der Waals surface area contributed by atoms with Crippen LogP contribution in [0.2, 0.25) is 0 Å². The molecule has 1 aromatic carbocycles. The minimum atomic E-state index is -0.957. The van der Waals surface area contributed by atoms with Crippen LogP contribution in [0.15, 0.2) is 24.3 Å². The monoisotopic (exact) mass is 194 g/mol.